The monoisotopic (exact) mass is 565 g/mol. The van der Waals surface area contributed by atoms with Gasteiger partial charge in [0.1, 0.15) is 5.75 Å². The summed E-state index contributed by atoms with van der Waals surface area (Å²) in [4.78, 5) is 18.2. The molecule has 0 saturated heterocycles. The standard InChI is InChI=1S/C34H51N3O2S/c1-4-5-6-7-8-9-10-11-12-13-14-15-23-39-33-21-19-30(20-22-33)27-37(34(38)35-3)32-18-16-17-31(24-32)26-36-25-29(2)40-28-36/h16-22,24-25H,4-15,23,26-28H2,1-3H3,(H,35,38). The largest absolute Gasteiger partial charge is 0.494 e. The number of anilines is 1. The molecule has 40 heavy (non-hydrogen) atoms. The van der Waals surface area contributed by atoms with Gasteiger partial charge in [-0.3, -0.25) is 4.90 Å². The van der Waals surface area contributed by atoms with Gasteiger partial charge in [-0.25, -0.2) is 4.79 Å². The maximum atomic E-state index is 12.8. The third-order valence-corrected chi connectivity index (χ3v) is 8.44. The molecular weight excluding hydrogens is 514 g/mol. The topological polar surface area (TPSA) is 44.8 Å². The highest BCUT2D eigenvalue weighted by molar-refractivity contribution is 8.03. The molecule has 0 aliphatic carbocycles. The Labute approximate surface area is 247 Å². The van der Waals surface area contributed by atoms with Crippen LogP contribution in [0.3, 0.4) is 0 Å². The van der Waals surface area contributed by atoms with Crippen LogP contribution in [0.15, 0.2) is 59.6 Å². The molecule has 0 radical (unpaired) electrons. The summed E-state index contributed by atoms with van der Waals surface area (Å²) >= 11 is 1.86. The van der Waals surface area contributed by atoms with Crippen LogP contribution in [0.5, 0.6) is 5.75 Å². The van der Waals surface area contributed by atoms with Crippen LogP contribution in [0.2, 0.25) is 0 Å². The molecule has 1 aliphatic rings. The van der Waals surface area contributed by atoms with Crippen LogP contribution in [0.4, 0.5) is 10.5 Å². The van der Waals surface area contributed by atoms with E-state index in [4.69, 9.17) is 4.74 Å². The fourth-order valence-corrected chi connectivity index (χ4v) is 5.85. The predicted molar refractivity (Wildman–Crippen MR) is 172 cm³/mol. The number of allylic oxidation sites excluding steroid dienone is 1. The molecule has 2 aromatic carbocycles. The first-order chi connectivity index (χ1) is 19.6. The number of unbranched alkanes of at least 4 members (excludes halogenated alkanes) is 11. The number of benzene rings is 2. The molecule has 2 aromatic rings. The average molecular weight is 566 g/mol. The van der Waals surface area contributed by atoms with Crippen molar-refractivity contribution in [1.29, 1.82) is 0 Å². The summed E-state index contributed by atoms with van der Waals surface area (Å²) in [6.07, 6.45) is 18.4. The van der Waals surface area contributed by atoms with Crippen molar-refractivity contribution < 1.29 is 9.53 Å². The van der Waals surface area contributed by atoms with E-state index in [-0.39, 0.29) is 6.03 Å². The van der Waals surface area contributed by atoms with Crippen LogP contribution in [0, 0.1) is 0 Å². The van der Waals surface area contributed by atoms with Crippen molar-refractivity contribution in [2.45, 2.75) is 104 Å². The number of hydrogen-bond donors (Lipinski definition) is 1. The van der Waals surface area contributed by atoms with Crippen LogP contribution in [-0.2, 0) is 13.1 Å². The molecule has 1 heterocycles. The van der Waals surface area contributed by atoms with E-state index in [1.54, 1.807) is 11.9 Å². The lowest BCUT2D eigenvalue weighted by Crippen LogP contribution is -2.37. The van der Waals surface area contributed by atoms with Gasteiger partial charge in [-0.1, -0.05) is 102 Å². The summed E-state index contributed by atoms with van der Waals surface area (Å²) in [5, 5.41) is 2.80. The van der Waals surface area contributed by atoms with Gasteiger partial charge in [0.2, 0.25) is 0 Å². The lowest BCUT2D eigenvalue weighted by Gasteiger charge is -2.24. The number of amides is 2. The van der Waals surface area contributed by atoms with E-state index >= 15 is 0 Å². The molecule has 0 aromatic heterocycles. The minimum absolute atomic E-state index is 0.114. The van der Waals surface area contributed by atoms with Crippen molar-refractivity contribution in [1.82, 2.24) is 10.2 Å². The first-order valence-corrected chi connectivity index (χ1v) is 16.4. The van der Waals surface area contributed by atoms with Crippen LogP contribution >= 0.6 is 11.8 Å². The Morgan fingerprint density at radius 1 is 0.900 bits per heavy atom. The van der Waals surface area contributed by atoms with Gasteiger partial charge in [0.25, 0.3) is 0 Å². The van der Waals surface area contributed by atoms with E-state index in [2.05, 4.69) is 54.5 Å². The van der Waals surface area contributed by atoms with Gasteiger partial charge < -0.3 is 15.0 Å². The Kier molecular flexibility index (Phi) is 14.9. The molecule has 1 aliphatic heterocycles. The third-order valence-electron chi connectivity index (χ3n) is 7.42. The molecule has 6 heteroatoms. The molecule has 3 rings (SSSR count). The van der Waals surface area contributed by atoms with Gasteiger partial charge in [-0.15, -0.1) is 11.8 Å². The Morgan fingerprint density at radius 3 is 2.15 bits per heavy atom. The van der Waals surface area contributed by atoms with Crippen molar-refractivity contribution in [3.63, 3.8) is 0 Å². The van der Waals surface area contributed by atoms with Gasteiger partial charge in [-0.05, 0) is 53.6 Å². The lowest BCUT2D eigenvalue weighted by atomic mass is 10.1. The second-order valence-corrected chi connectivity index (χ2v) is 12.1. The average Bonchev–Trinajstić information content (AvgIpc) is 3.38. The van der Waals surface area contributed by atoms with Gasteiger partial charge in [0, 0.05) is 25.5 Å². The summed E-state index contributed by atoms with van der Waals surface area (Å²) in [5.41, 5.74) is 3.16. The zero-order chi connectivity index (χ0) is 28.4. The van der Waals surface area contributed by atoms with Gasteiger partial charge >= 0.3 is 6.03 Å². The fraction of sp³-hybridized carbons (Fsp3) is 0.559. The smallest absolute Gasteiger partial charge is 0.321 e. The zero-order valence-corrected chi connectivity index (χ0v) is 25.9. The molecular formula is C34H51N3O2S. The van der Waals surface area contributed by atoms with Crippen molar-refractivity contribution >= 4 is 23.5 Å². The van der Waals surface area contributed by atoms with Gasteiger partial charge in [0.05, 0.1) is 19.0 Å². The minimum atomic E-state index is -0.114. The first-order valence-electron chi connectivity index (χ1n) is 15.4. The van der Waals surface area contributed by atoms with E-state index in [0.717, 1.165) is 42.4 Å². The molecule has 5 nitrogen and oxygen atoms in total. The number of carbonyl (C=O) groups is 1. The van der Waals surface area contributed by atoms with Crippen LogP contribution < -0.4 is 15.0 Å². The van der Waals surface area contributed by atoms with E-state index in [0.29, 0.717) is 6.54 Å². The maximum Gasteiger partial charge on any atom is 0.321 e. The summed E-state index contributed by atoms with van der Waals surface area (Å²) in [7, 11) is 1.68. The number of ether oxygens (including phenoxy) is 1. The van der Waals surface area contributed by atoms with Crippen molar-refractivity contribution in [3.8, 4) is 5.75 Å². The maximum absolute atomic E-state index is 12.8. The van der Waals surface area contributed by atoms with Crippen LogP contribution in [0.25, 0.3) is 0 Å². The van der Waals surface area contributed by atoms with Crippen LogP contribution in [-0.4, -0.2) is 30.5 Å². The van der Waals surface area contributed by atoms with E-state index in [1.807, 2.05) is 36.0 Å². The Hall–Kier alpha value is -2.60. The molecule has 220 valence electrons. The number of rotatable bonds is 19. The predicted octanol–water partition coefficient (Wildman–Crippen LogP) is 9.48. The Bertz CT molecular complexity index is 1020. The zero-order valence-electron chi connectivity index (χ0n) is 25.1. The molecule has 0 spiro atoms. The molecule has 0 saturated carbocycles. The molecule has 0 fully saturated rings. The second kappa shape index (κ2) is 18.7. The minimum Gasteiger partial charge on any atom is -0.494 e. The van der Waals surface area contributed by atoms with E-state index in [9.17, 15) is 4.79 Å². The van der Waals surface area contributed by atoms with Gasteiger partial charge in [0.15, 0.2) is 0 Å². The lowest BCUT2D eigenvalue weighted by molar-refractivity contribution is 0.248. The molecule has 2 amide bonds. The second-order valence-electron chi connectivity index (χ2n) is 11.0. The summed E-state index contributed by atoms with van der Waals surface area (Å²) in [6, 6.07) is 16.3. The number of nitrogens with zero attached hydrogens (tertiary/aromatic N) is 2. The van der Waals surface area contributed by atoms with Crippen molar-refractivity contribution in [3.05, 3.63) is 70.8 Å². The van der Waals surface area contributed by atoms with Crippen molar-refractivity contribution in [2.75, 3.05) is 24.4 Å². The summed E-state index contributed by atoms with van der Waals surface area (Å²) in [6.45, 7) is 6.52. The normalized spacial score (nSPS) is 12.9. The Morgan fingerprint density at radius 2 is 1.55 bits per heavy atom. The number of urea groups is 1. The third kappa shape index (κ3) is 11.9. The highest BCUT2D eigenvalue weighted by Gasteiger charge is 2.17. The summed E-state index contributed by atoms with van der Waals surface area (Å²) in [5.74, 6) is 1.87. The van der Waals surface area contributed by atoms with E-state index in [1.165, 1.54) is 81.1 Å². The van der Waals surface area contributed by atoms with Crippen LogP contribution in [0.1, 0.15) is 102 Å². The highest BCUT2D eigenvalue weighted by atomic mass is 32.2. The summed E-state index contributed by atoms with van der Waals surface area (Å²) < 4.78 is 5.99. The molecule has 1 N–H and O–H groups in total. The quantitative estimate of drug-likeness (QED) is 0.172. The van der Waals surface area contributed by atoms with E-state index < -0.39 is 0 Å². The Balaban J connectivity index is 1.37. The fourth-order valence-electron chi connectivity index (χ4n) is 5.09. The number of thioether (sulfide) groups is 1. The van der Waals surface area contributed by atoms with Crippen molar-refractivity contribution in [2.24, 2.45) is 0 Å². The SMILES string of the molecule is CCCCCCCCCCCCCCOc1ccc(CN(C(=O)NC)c2cccc(CN3C=C(C)SC3)c2)cc1. The number of carbonyl (C=O) groups excluding carboxylic acids is 1. The molecule has 0 atom stereocenters. The highest BCUT2D eigenvalue weighted by Crippen LogP contribution is 2.27. The number of nitrogens with one attached hydrogen (secondary N) is 1. The molecule has 0 unspecified atom stereocenters. The van der Waals surface area contributed by atoms with Gasteiger partial charge in [-0.2, -0.15) is 0 Å². The number of hydrogen-bond acceptors (Lipinski definition) is 4. The molecule has 0 bridgehead atoms. The first kappa shape index (κ1) is 31.9.